The Bertz CT molecular complexity index is 918. The number of halogens is 5. The van der Waals surface area contributed by atoms with Crippen LogP contribution in [0.15, 0.2) is 63.0 Å². The average Bonchev–Trinajstić information content (AvgIpc) is 2.61. The van der Waals surface area contributed by atoms with Gasteiger partial charge in [-0.15, -0.1) is 0 Å². The summed E-state index contributed by atoms with van der Waals surface area (Å²) in [6, 6.07) is 14.8. The van der Waals surface area contributed by atoms with E-state index in [1.165, 1.54) is 12.1 Å². The van der Waals surface area contributed by atoms with Gasteiger partial charge in [-0.25, -0.2) is 0 Å². The molecule has 0 amide bonds. The SMILES string of the molecule is N#CC1=C(c2ccc(Br)cc2)O[C@](O)(C(F)(F)F)C[C@@H]1c1ccc(Br)cc1. The van der Waals surface area contributed by atoms with Gasteiger partial charge in [-0.1, -0.05) is 56.1 Å². The van der Waals surface area contributed by atoms with Crippen molar-refractivity contribution in [1.29, 1.82) is 5.26 Å². The molecular weight excluding hydrogens is 491 g/mol. The predicted octanol–water partition coefficient (Wildman–Crippen LogP) is 5.90. The maximum absolute atomic E-state index is 13.6. The molecule has 0 saturated heterocycles. The predicted molar refractivity (Wildman–Crippen MR) is 100 cm³/mol. The van der Waals surface area contributed by atoms with Gasteiger partial charge in [-0.05, 0) is 29.8 Å². The van der Waals surface area contributed by atoms with Crippen molar-refractivity contribution >= 4 is 37.6 Å². The number of rotatable bonds is 2. The Morgan fingerprint density at radius 1 is 1.04 bits per heavy atom. The van der Waals surface area contributed by atoms with E-state index < -0.39 is 24.3 Å². The molecule has 0 spiro atoms. The molecule has 3 nitrogen and oxygen atoms in total. The first-order chi connectivity index (χ1) is 12.6. The first-order valence-corrected chi connectivity index (χ1v) is 9.37. The monoisotopic (exact) mass is 501 g/mol. The van der Waals surface area contributed by atoms with Gasteiger partial charge in [-0.3, -0.25) is 0 Å². The minimum Gasteiger partial charge on any atom is -0.451 e. The summed E-state index contributed by atoms with van der Waals surface area (Å²) in [5, 5.41) is 20.0. The summed E-state index contributed by atoms with van der Waals surface area (Å²) in [4.78, 5) is 0. The Morgan fingerprint density at radius 2 is 1.56 bits per heavy atom. The van der Waals surface area contributed by atoms with Crippen LogP contribution in [0.25, 0.3) is 5.76 Å². The summed E-state index contributed by atoms with van der Waals surface area (Å²) in [5.41, 5.74) is 0.795. The number of ether oxygens (including phenoxy) is 1. The number of benzene rings is 2. The smallest absolute Gasteiger partial charge is 0.451 e. The van der Waals surface area contributed by atoms with Crippen LogP contribution in [0.3, 0.4) is 0 Å². The zero-order valence-corrected chi connectivity index (χ0v) is 16.8. The first-order valence-electron chi connectivity index (χ1n) is 7.78. The first kappa shape index (κ1) is 19.9. The van der Waals surface area contributed by atoms with Crippen LogP contribution in [-0.4, -0.2) is 17.1 Å². The van der Waals surface area contributed by atoms with E-state index in [0.717, 1.165) is 8.95 Å². The lowest BCUT2D eigenvalue weighted by atomic mass is 9.82. The molecule has 0 saturated carbocycles. The van der Waals surface area contributed by atoms with E-state index in [2.05, 4.69) is 31.9 Å². The van der Waals surface area contributed by atoms with Gasteiger partial charge in [0.1, 0.15) is 5.76 Å². The van der Waals surface area contributed by atoms with Crippen molar-refractivity contribution < 1.29 is 23.0 Å². The molecule has 0 radical (unpaired) electrons. The van der Waals surface area contributed by atoms with Crippen LogP contribution in [0, 0.1) is 11.3 Å². The summed E-state index contributed by atoms with van der Waals surface area (Å²) in [5.74, 6) is -4.64. The molecule has 2 atom stereocenters. The highest BCUT2D eigenvalue weighted by molar-refractivity contribution is 9.10. The summed E-state index contributed by atoms with van der Waals surface area (Å²) in [7, 11) is 0. The van der Waals surface area contributed by atoms with Crippen LogP contribution < -0.4 is 0 Å². The third-order valence-corrected chi connectivity index (χ3v) is 5.34. The van der Waals surface area contributed by atoms with Crippen molar-refractivity contribution in [2.45, 2.75) is 24.3 Å². The molecule has 8 heteroatoms. The van der Waals surface area contributed by atoms with Crippen LogP contribution in [0.2, 0.25) is 0 Å². The maximum atomic E-state index is 13.6. The highest BCUT2D eigenvalue weighted by Crippen LogP contribution is 2.49. The third-order valence-electron chi connectivity index (χ3n) is 4.29. The minimum absolute atomic E-state index is 0.0357. The van der Waals surface area contributed by atoms with Gasteiger partial charge < -0.3 is 9.84 Å². The fourth-order valence-corrected chi connectivity index (χ4v) is 3.43. The fraction of sp³-hybridized carbons (Fsp3) is 0.211. The van der Waals surface area contributed by atoms with Crippen molar-refractivity contribution in [3.8, 4) is 6.07 Å². The average molecular weight is 503 g/mol. The van der Waals surface area contributed by atoms with Crippen LogP contribution in [0.4, 0.5) is 13.2 Å². The Balaban J connectivity index is 2.20. The number of allylic oxidation sites excluding steroid dienone is 1. The van der Waals surface area contributed by atoms with E-state index >= 15 is 0 Å². The van der Waals surface area contributed by atoms with Gasteiger partial charge in [0.05, 0.1) is 11.6 Å². The van der Waals surface area contributed by atoms with E-state index in [4.69, 9.17) is 4.74 Å². The number of hydrogen-bond donors (Lipinski definition) is 1. The molecule has 2 aromatic carbocycles. The van der Waals surface area contributed by atoms with E-state index in [-0.39, 0.29) is 16.9 Å². The molecule has 3 rings (SSSR count). The van der Waals surface area contributed by atoms with Crippen LogP contribution in [-0.2, 0) is 4.74 Å². The summed E-state index contributed by atoms with van der Waals surface area (Å²) < 4.78 is 47.2. The summed E-state index contributed by atoms with van der Waals surface area (Å²) in [6.07, 6.45) is -5.83. The van der Waals surface area contributed by atoms with E-state index in [9.17, 15) is 23.5 Å². The van der Waals surface area contributed by atoms with Gasteiger partial charge in [0.2, 0.25) is 0 Å². The molecule has 0 fully saturated rings. The second kappa shape index (κ2) is 7.30. The maximum Gasteiger partial charge on any atom is 0.455 e. The normalized spacial score (nSPS) is 22.9. The fourth-order valence-electron chi connectivity index (χ4n) is 2.90. The van der Waals surface area contributed by atoms with Gasteiger partial charge >= 0.3 is 12.0 Å². The molecule has 140 valence electrons. The summed E-state index contributed by atoms with van der Waals surface area (Å²) >= 11 is 6.53. The topological polar surface area (TPSA) is 53.2 Å². The zero-order chi connectivity index (χ0) is 19.8. The van der Waals surface area contributed by atoms with Gasteiger partial charge in [0, 0.05) is 26.8 Å². The lowest BCUT2D eigenvalue weighted by Crippen LogP contribution is -2.50. The van der Waals surface area contributed by atoms with Crippen LogP contribution in [0.1, 0.15) is 23.5 Å². The molecule has 1 aliphatic heterocycles. The van der Waals surface area contributed by atoms with Crippen molar-refractivity contribution in [2.24, 2.45) is 0 Å². The number of aliphatic hydroxyl groups is 1. The lowest BCUT2D eigenvalue weighted by Gasteiger charge is -2.39. The third kappa shape index (κ3) is 3.91. The lowest BCUT2D eigenvalue weighted by molar-refractivity contribution is -0.351. The minimum atomic E-state index is -5.03. The molecule has 27 heavy (non-hydrogen) atoms. The Labute approximate surface area is 170 Å². The van der Waals surface area contributed by atoms with E-state index in [1.807, 2.05) is 6.07 Å². The molecule has 0 bridgehead atoms. The van der Waals surface area contributed by atoms with Gasteiger partial charge in [0.25, 0.3) is 0 Å². The van der Waals surface area contributed by atoms with Crippen LogP contribution in [0.5, 0.6) is 0 Å². The molecule has 0 aliphatic carbocycles. The second-order valence-electron chi connectivity index (χ2n) is 6.05. The highest BCUT2D eigenvalue weighted by atomic mass is 79.9. The quantitative estimate of drug-likeness (QED) is 0.556. The number of nitrogens with zero attached hydrogens (tertiary/aromatic N) is 1. The molecule has 0 aromatic heterocycles. The van der Waals surface area contributed by atoms with Crippen molar-refractivity contribution in [1.82, 2.24) is 0 Å². The number of hydrogen-bond acceptors (Lipinski definition) is 3. The Hall–Kier alpha value is -1.82. The Kier molecular flexibility index (Phi) is 5.39. The highest BCUT2D eigenvalue weighted by Gasteiger charge is 2.60. The molecule has 1 aliphatic rings. The molecular formula is C19H12Br2F3NO2. The van der Waals surface area contributed by atoms with Crippen molar-refractivity contribution in [2.75, 3.05) is 0 Å². The summed E-state index contributed by atoms with van der Waals surface area (Å²) in [6.45, 7) is 0. The number of alkyl halides is 3. The van der Waals surface area contributed by atoms with Gasteiger partial charge in [-0.2, -0.15) is 18.4 Å². The zero-order valence-electron chi connectivity index (χ0n) is 13.6. The molecule has 0 unspecified atom stereocenters. The molecule has 1 heterocycles. The van der Waals surface area contributed by atoms with Crippen LogP contribution >= 0.6 is 31.9 Å². The van der Waals surface area contributed by atoms with Crippen molar-refractivity contribution in [3.63, 3.8) is 0 Å². The Morgan fingerprint density at radius 3 is 2.04 bits per heavy atom. The second-order valence-corrected chi connectivity index (χ2v) is 7.89. The van der Waals surface area contributed by atoms with E-state index in [1.54, 1.807) is 36.4 Å². The van der Waals surface area contributed by atoms with E-state index in [0.29, 0.717) is 5.56 Å². The molecule has 1 N–H and O–H groups in total. The van der Waals surface area contributed by atoms with Crippen molar-refractivity contribution in [3.05, 3.63) is 74.2 Å². The molecule has 2 aromatic rings. The van der Waals surface area contributed by atoms with Gasteiger partial charge in [0.15, 0.2) is 0 Å². The largest absolute Gasteiger partial charge is 0.455 e. The standard InChI is InChI=1S/C19H12Br2F3NO2/c20-13-5-1-11(2-6-13)15-9-18(26,19(22,23)24)27-17(16(15)10-25)12-3-7-14(21)8-4-12/h1-8,15,26H,9H2/t15-,18+/m1/s1. The number of nitriles is 1.